The number of aliphatic hydroxyl groups excluding tert-OH is 1. The van der Waals surface area contributed by atoms with Crippen molar-refractivity contribution in [2.24, 2.45) is 11.3 Å². The second-order valence-electron chi connectivity index (χ2n) is 13.5. The summed E-state index contributed by atoms with van der Waals surface area (Å²) in [7, 11) is 1.70. The van der Waals surface area contributed by atoms with Gasteiger partial charge in [0.1, 0.15) is 5.75 Å². The molecule has 7 heteroatoms. The fraction of sp³-hybridized carbons (Fsp3) is 0.571. The number of rotatable bonds is 8. The third-order valence-electron chi connectivity index (χ3n) is 10.8. The zero-order valence-electron chi connectivity index (χ0n) is 25.6. The summed E-state index contributed by atoms with van der Waals surface area (Å²) < 4.78 is 7.48. The lowest BCUT2D eigenvalue weighted by molar-refractivity contribution is -0.132. The number of nitrogens with one attached hydrogen (secondary N) is 1. The molecule has 7 rings (SSSR count). The van der Waals surface area contributed by atoms with Crippen molar-refractivity contribution >= 4 is 5.91 Å². The molecule has 4 aliphatic carbocycles. The molecule has 224 valence electrons. The van der Waals surface area contributed by atoms with E-state index in [1.54, 1.807) is 7.11 Å². The average Bonchev–Trinajstić information content (AvgIpc) is 3.52. The van der Waals surface area contributed by atoms with Crippen LogP contribution in [0.25, 0.3) is 11.1 Å². The Hall–Kier alpha value is -3.19. The number of carbonyl (C=O) groups is 1. The summed E-state index contributed by atoms with van der Waals surface area (Å²) >= 11 is 0. The summed E-state index contributed by atoms with van der Waals surface area (Å²) in [6.07, 6.45) is 15.0. The maximum Gasteiger partial charge on any atom is 0.223 e. The highest BCUT2D eigenvalue weighted by molar-refractivity contribution is 5.79. The number of fused-ring (bicyclic) bond motifs is 3. The molecule has 1 aromatic carbocycles. The van der Waals surface area contributed by atoms with E-state index < -0.39 is 6.10 Å². The minimum Gasteiger partial charge on any atom is -0.496 e. The topological polar surface area (TPSA) is 89.3 Å². The van der Waals surface area contributed by atoms with Crippen LogP contribution in [-0.2, 0) is 10.2 Å². The molecule has 2 aromatic heterocycles. The van der Waals surface area contributed by atoms with E-state index in [-0.39, 0.29) is 34.7 Å². The quantitative estimate of drug-likeness (QED) is 0.309. The molecular weight excluding hydrogens is 524 g/mol. The highest BCUT2D eigenvalue weighted by Gasteiger charge is 2.58. The van der Waals surface area contributed by atoms with Gasteiger partial charge < -0.3 is 15.2 Å². The molecular formula is C35H46N4O3. The van der Waals surface area contributed by atoms with Crippen molar-refractivity contribution in [3.05, 3.63) is 65.7 Å². The molecule has 1 amide bonds. The van der Waals surface area contributed by atoms with Crippen molar-refractivity contribution in [1.29, 1.82) is 0 Å². The number of methoxy groups -OCH3 is 1. The summed E-state index contributed by atoms with van der Waals surface area (Å²) in [5, 5.41) is 20.0. The zero-order chi connectivity index (χ0) is 29.5. The van der Waals surface area contributed by atoms with Crippen molar-refractivity contribution in [3.8, 4) is 16.9 Å². The Labute approximate surface area is 250 Å². The molecule has 0 spiro atoms. The van der Waals surface area contributed by atoms with E-state index >= 15 is 0 Å². The van der Waals surface area contributed by atoms with Crippen molar-refractivity contribution in [3.63, 3.8) is 0 Å². The number of hydrogen-bond donors (Lipinski definition) is 2. The van der Waals surface area contributed by atoms with Crippen molar-refractivity contribution in [2.45, 2.75) is 109 Å². The van der Waals surface area contributed by atoms with E-state index in [9.17, 15) is 9.90 Å². The fourth-order valence-electron chi connectivity index (χ4n) is 8.11. The van der Waals surface area contributed by atoms with Crippen LogP contribution < -0.4 is 10.1 Å². The van der Waals surface area contributed by atoms with Gasteiger partial charge in [0, 0.05) is 35.3 Å². The molecule has 2 heterocycles. The summed E-state index contributed by atoms with van der Waals surface area (Å²) in [4.78, 5) is 18.7. The number of carbonyl (C=O) groups excluding carboxylic acids is 1. The van der Waals surface area contributed by atoms with Gasteiger partial charge in [-0.05, 0) is 106 Å². The van der Waals surface area contributed by atoms with Crippen LogP contribution in [0.1, 0.15) is 107 Å². The second-order valence-corrected chi connectivity index (χ2v) is 13.5. The molecule has 4 saturated carbocycles. The third-order valence-corrected chi connectivity index (χ3v) is 10.8. The van der Waals surface area contributed by atoms with E-state index in [0.29, 0.717) is 6.42 Å². The first-order chi connectivity index (χ1) is 20.2. The molecule has 0 saturated heterocycles. The van der Waals surface area contributed by atoms with E-state index in [2.05, 4.69) is 55.6 Å². The molecule has 2 N–H and O–H groups in total. The van der Waals surface area contributed by atoms with Crippen LogP contribution in [0.15, 0.2) is 48.9 Å². The Morgan fingerprint density at radius 2 is 1.83 bits per heavy atom. The first-order valence-electron chi connectivity index (χ1n) is 15.9. The van der Waals surface area contributed by atoms with Gasteiger partial charge >= 0.3 is 0 Å². The number of ether oxygens (including phenoxy) is 1. The number of pyridine rings is 1. The van der Waals surface area contributed by atoms with E-state index in [4.69, 9.17) is 9.72 Å². The highest BCUT2D eigenvalue weighted by atomic mass is 16.5. The van der Waals surface area contributed by atoms with E-state index in [0.717, 1.165) is 79.5 Å². The Kier molecular flexibility index (Phi) is 7.90. The first-order valence-corrected chi connectivity index (χ1v) is 15.9. The van der Waals surface area contributed by atoms with Crippen LogP contribution in [0, 0.1) is 18.3 Å². The number of aryl methyl sites for hydroxylation is 1. The van der Waals surface area contributed by atoms with Gasteiger partial charge in [0.05, 0.1) is 31.1 Å². The normalized spacial score (nSPS) is 26.8. The summed E-state index contributed by atoms with van der Waals surface area (Å²) in [5.41, 5.74) is 4.76. The standard InChI is InChI=1S/C35H46N4O3/c1-23(2)39-22-27(21-37-39)26-12-17-36-29(19-26)32(38-33(41)25-8-6-5-7-9-25)34-13-15-35(16-14-34,31(40)20-34)28-10-11-30(42-4)24(3)18-28/h10-12,17-19,21-23,25,31-32,40H,5-9,13-16,20H2,1-4H3,(H,38,41). The number of nitrogens with zero attached hydrogens (tertiary/aromatic N) is 3. The lowest BCUT2D eigenvalue weighted by Crippen LogP contribution is -2.58. The monoisotopic (exact) mass is 570 g/mol. The van der Waals surface area contributed by atoms with Crippen molar-refractivity contribution in [2.75, 3.05) is 7.11 Å². The van der Waals surface area contributed by atoms with E-state index in [1.165, 1.54) is 12.0 Å². The van der Waals surface area contributed by atoms with Crippen molar-refractivity contribution < 1.29 is 14.6 Å². The van der Waals surface area contributed by atoms with Crippen LogP contribution in [-0.4, -0.2) is 39.0 Å². The molecule has 0 radical (unpaired) electrons. The minimum absolute atomic E-state index is 0.0589. The van der Waals surface area contributed by atoms with Gasteiger partial charge in [0.25, 0.3) is 0 Å². The smallest absolute Gasteiger partial charge is 0.223 e. The second kappa shape index (κ2) is 11.5. The highest BCUT2D eigenvalue weighted by Crippen LogP contribution is 2.62. The molecule has 2 unspecified atom stereocenters. The SMILES string of the molecule is COc1ccc(C23CCC(C(NC(=O)C4CCCCC4)c4cc(-c5cnn(C(C)C)c5)ccn4)(CC2)CC3O)cc1C. The lowest BCUT2D eigenvalue weighted by atomic mass is 9.48. The van der Waals surface area contributed by atoms with Crippen LogP contribution in [0.2, 0.25) is 0 Å². The molecule has 7 nitrogen and oxygen atoms in total. The minimum atomic E-state index is -0.491. The largest absolute Gasteiger partial charge is 0.496 e. The Bertz CT molecular complexity index is 1420. The Morgan fingerprint density at radius 3 is 2.48 bits per heavy atom. The number of benzene rings is 1. The van der Waals surface area contributed by atoms with E-state index in [1.807, 2.05) is 29.2 Å². The molecule has 3 aromatic rings. The molecule has 4 fully saturated rings. The number of amides is 1. The first kappa shape index (κ1) is 28.9. The molecule has 0 aliphatic heterocycles. The van der Waals surface area contributed by atoms with Gasteiger partial charge in [-0.15, -0.1) is 0 Å². The predicted octanol–water partition coefficient (Wildman–Crippen LogP) is 6.84. The van der Waals surface area contributed by atoms with Crippen LogP contribution in [0.4, 0.5) is 0 Å². The van der Waals surface area contributed by atoms with Gasteiger partial charge in [-0.2, -0.15) is 5.10 Å². The molecule has 2 atom stereocenters. The summed E-state index contributed by atoms with van der Waals surface area (Å²) in [6, 6.07) is 10.6. The van der Waals surface area contributed by atoms with Crippen LogP contribution in [0.3, 0.4) is 0 Å². The van der Waals surface area contributed by atoms with Crippen LogP contribution >= 0.6 is 0 Å². The number of hydrogen-bond acceptors (Lipinski definition) is 5. The van der Waals surface area contributed by atoms with Crippen LogP contribution in [0.5, 0.6) is 5.75 Å². The number of aromatic nitrogens is 3. The van der Waals surface area contributed by atoms with Gasteiger partial charge in [-0.1, -0.05) is 31.4 Å². The fourth-order valence-corrected chi connectivity index (χ4v) is 8.11. The van der Waals surface area contributed by atoms with Gasteiger partial charge in [-0.25, -0.2) is 0 Å². The van der Waals surface area contributed by atoms with Crippen molar-refractivity contribution in [1.82, 2.24) is 20.1 Å². The zero-order valence-corrected chi connectivity index (χ0v) is 25.6. The summed E-state index contributed by atoms with van der Waals surface area (Å²) in [5.74, 6) is 1.08. The van der Waals surface area contributed by atoms with Gasteiger partial charge in [0.2, 0.25) is 5.91 Å². The Balaban J connectivity index is 1.33. The maximum atomic E-state index is 13.8. The number of aliphatic hydroxyl groups is 1. The molecule has 2 bridgehead atoms. The molecule has 4 aliphatic rings. The lowest BCUT2D eigenvalue weighted by Gasteiger charge is -2.59. The van der Waals surface area contributed by atoms with Gasteiger partial charge in [-0.3, -0.25) is 14.5 Å². The Morgan fingerprint density at radius 1 is 1.07 bits per heavy atom. The maximum absolute atomic E-state index is 13.8. The summed E-state index contributed by atoms with van der Waals surface area (Å²) in [6.45, 7) is 6.31. The predicted molar refractivity (Wildman–Crippen MR) is 164 cm³/mol. The average molecular weight is 571 g/mol. The third kappa shape index (κ3) is 5.14. The van der Waals surface area contributed by atoms with Gasteiger partial charge in [0.15, 0.2) is 0 Å². The molecule has 42 heavy (non-hydrogen) atoms.